The molecule has 0 aliphatic carbocycles. The normalized spacial score (nSPS) is 11.4. The molecule has 0 saturated carbocycles. The lowest BCUT2D eigenvalue weighted by Crippen LogP contribution is -2.16. The summed E-state index contributed by atoms with van der Waals surface area (Å²) in [5.74, 6) is -4.03. The van der Waals surface area contributed by atoms with Crippen LogP contribution in [0.15, 0.2) is 35.5 Å². The molecule has 3 N–H and O–H groups in total. The topological polar surface area (TPSA) is 85.1 Å². The van der Waals surface area contributed by atoms with Crippen LogP contribution in [0.1, 0.15) is 5.56 Å². The molecule has 0 fully saturated rings. The largest absolute Gasteiger partial charge is 0.326 e. The van der Waals surface area contributed by atoms with E-state index in [2.05, 4.69) is 4.98 Å². The van der Waals surface area contributed by atoms with Crippen LogP contribution in [-0.4, -0.2) is 13.4 Å². The first-order valence-corrected chi connectivity index (χ1v) is 7.14. The lowest BCUT2D eigenvalue weighted by Gasteiger charge is -2.09. The van der Waals surface area contributed by atoms with Crippen LogP contribution in [-0.2, 0) is 16.6 Å². The third kappa shape index (κ3) is 3.31. The van der Waals surface area contributed by atoms with Crippen LogP contribution >= 0.6 is 0 Å². The van der Waals surface area contributed by atoms with Crippen molar-refractivity contribution < 1.29 is 21.6 Å². The van der Waals surface area contributed by atoms with Gasteiger partial charge in [-0.15, -0.1) is 0 Å². The van der Waals surface area contributed by atoms with E-state index < -0.39 is 38.2 Å². The number of rotatable bonds is 4. The summed E-state index contributed by atoms with van der Waals surface area (Å²) < 4.78 is 65.0. The predicted molar refractivity (Wildman–Crippen MR) is 69.3 cm³/mol. The van der Waals surface area contributed by atoms with Gasteiger partial charge >= 0.3 is 0 Å². The van der Waals surface area contributed by atoms with Crippen LogP contribution in [0, 0.1) is 17.5 Å². The van der Waals surface area contributed by atoms with Gasteiger partial charge in [0.1, 0.15) is 5.82 Å². The van der Waals surface area contributed by atoms with Crippen LogP contribution in [0.3, 0.4) is 0 Å². The molecule has 9 heteroatoms. The molecule has 0 amide bonds. The Labute approximate surface area is 118 Å². The van der Waals surface area contributed by atoms with E-state index in [0.717, 1.165) is 0 Å². The first-order chi connectivity index (χ1) is 9.83. The van der Waals surface area contributed by atoms with E-state index in [1.54, 1.807) is 4.72 Å². The van der Waals surface area contributed by atoms with Gasteiger partial charge in [-0.25, -0.2) is 18.2 Å². The molecule has 1 aromatic carbocycles. The zero-order valence-electron chi connectivity index (χ0n) is 10.5. The SMILES string of the molecule is NCc1ccc(S(=O)(=O)Nc2cc(F)c(F)cc2F)nc1. The number of nitrogens with one attached hydrogen (secondary N) is 1. The number of nitrogens with zero attached hydrogens (tertiary/aromatic N) is 1. The van der Waals surface area contributed by atoms with Gasteiger partial charge in [0.15, 0.2) is 16.7 Å². The van der Waals surface area contributed by atoms with Crippen molar-refractivity contribution in [3.05, 3.63) is 53.5 Å². The monoisotopic (exact) mass is 317 g/mol. The highest BCUT2D eigenvalue weighted by atomic mass is 32.2. The van der Waals surface area contributed by atoms with E-state index in [1.807, 2.05) is 0 Å². The molecule has 0 aliphatic heterocycles. The first kappa shape index (κ1) is 15.3. The Balaban J connectivity index is 2.34. The van der Waals surface area contributed by atoms with Crippen molar-refractivity contribution in [2.45, 2.75) is 11.6 Å². The number of hydrogen-bond acceptors (Lipinski definition) is 4. The molecule has 0 radical (unpaired) electrons. The summed E-state index contributed by atoms with van der Waals surface area (Å²) in [4.78, 5) is 3.67. The Hall–Kier alpha value is -2.13. The maximum atomic E-state index is 13.4. The van der Waals surface area contributed by atoms with E-state index >= 15 is 0 Å². The van der Waals surface area contributed by atoms with E-state index in [4.69, 9.17) is 5.73 Å². The van der Waals surface area contributed by atoms with Crippen molar-refractivity contribution in [2.24, 2.45) is 5.73 Å². The second kappa shape index (κ2) is 5.70. The molecule has 1 heterocycles. The van der Waals surface area contributed by atoms with E-state index in [0.29, 0.717) is 11.6 Å². The molecular formula is C12H10F3N3O2S. The van der Waals surface area contributed by atoms with E-state index in [1.165, 1.54) is 18.3 Å². The number of halogens is 3. The van der Waals surface area contributed by atoms with Gasteiger partial charge < -0.3 is 5.73 Å². The van der Waals surface area contributed by atoms with Gasteiger partial charge in [0.25, 0.3) is 10.0 Å². The van der Waals surface area contributed by atoms with Gasteiger partial charge in [-0.2, -0.15) is 8.42 Å². The minimum absolute atomic E-state index is 0.179. The molecule has 2 rings (SSSR count). The second-order valence-corrected chi connectivity index (χ2v) is 5.69. The third-order valence-electron chi connectivity index (χ3n) is 2.56. The van der Waals surface area contributed by atoms with Crippen molar-refractivity contribution in [1.82, 2.24) is 4.98 Å². The molecule has 0 unspecified atom stereocenters. The zero-order valence-corrected chi connectivity index (χ0v) is 11.3. The molecule has 0 spiro atoms. The highest BCUT2D eigenvalue weighted by molar-refractivity contribution is 7.92. The molecular weight excluding hydrogens is 307 g/mol. The van der Waals surface area contributed by atoms with Gasteiger partial charge in [-0.1, -0.05) is 6.07 Å². The molecule has 0 saturated heterocycles. The van der Waals surface area contributed by atoms with Gasteiger partial charge in [-0.3, -0.25) is 4.72 Å². The Morgan fingerprint density at radius 3 is 2.33 bits per heavy atom. The van der Waals surface area contributed by atoms with Gasteiger partial charge in [-0.05, 0) is 11.6 Å². The first-order valence-electron chi connectivity index (χ1n) is 5.66. The van der Waals surface area contributed by atoms with Crippen molar-refractivity contribution in [3.8, 4) is 0 Å². The maximum absolute atomic E-state index is 13.4. The number of hydrogen-bond donors (Lipinski definition) is 2. The van der Waals surface area contributed by atoms with Crippen LogP contribution in [0.4, 0.5) is 18.9 Å². The van der Waals surface area contributed by atoms with E-state index in [9.17, 15) is 21.6 Å². The zero-order chi connectivity index (χ0) is 15.6. The summed E-state index contributed by atoms with van der Waals surface area (Å²) in [6.45, 7) is 0.179. The summed E-state index contributed by atoms with van der Waals surface area (Å²) >= 11 is 0. The quantitative estimate of drug-likeness (QED) is 0.842. The second-order valence-electron chi connectivity index (χ2n) is 4.06. The molecule has 1 aromatic heterocycles. The summed E-state index contributed by atoms with van der Waals surface area (Å²) in [6.07, 6.45) is 1.25. The summed E-state index contributed by atoms with van der Waals surface area (Å²) in [6, 6.07) is 3.26. The molecule has 5 nitrogen and oxygen atoms in total. The minimum atomic E-state index is -4.22. The number of aromatic nitrogens is 1. The molecule has 21 heavy (non-hydrogen) atoms. The van der Waals surface area contributed by atoms with Gasteiger partial charge in [0, 0.05) is 24.9 Å². The molecule has 0 aliphatic rings. The number of nitrogens with two attached hydrogens (primary N) is 1. The highest BCUT2D eigenvalue weighted by Gasteiger charge is 2.19. The maximum Gasteiger partial charge on any atom is 0.279 e. The fourth-order valence-corrected chi connectivity index (χ4v) is 2.48. The summed E-state index contributed by atoms with van der Waals surface area (Å²) in [5.41, 5.74) is 5.25. The van der Waals surface area contributed by atoms with Crippen molar-refractivity contribution in [3.63, 3.8) is 0 Å². The molecule has 112 valence electrons. The Morgan fingerprint density at radius 2 is 1.76 bits per heavy atom. The number of sulfonamides is 1. The van der Waals surface area contributed by atoms with Gasteiger partial charge in [0.05, 0.1) is 5.69 Å². The minimum Gasteiger partial charge on any atom is -0.326 e. The Kier molecular flexibility index (Phi) is 4.14. The van der Waals surface area contributed by atoms with Gasteiger partial charge in [0.2, 0.25) is 0 Å². The van der Waals surface area contributed by atoms with Crippen LogP contribution in [0.25, 0.3) is 0 Å². The number of anilines is 1. The standard InChI is InChI=1S/C12H10F3N3O2S/c13-8-3-10(15)11(4-9(8)14)18-21(19,20)12-2-1-7(5-16)6-17-12/h1-4,6,18H,5,16H2. The lowest BCUT2D eigenvalue weighted by molar-refractivity contribution is 0.496. The fraction of sp³-hybridized carbons (Fsp3) is 0.0833. The van der Waals surface area contributed by atoms with Crippen molar-refractivity contribution in [1.29, 1.82) is 0 Å². The molecule has 0 bridgehead atoms. The van der Waals surface area contributed by atoms with Crippen LogP contribution in [0.5, 0.6) is 0 Å². The Bertz CT molecular complexity index is 764. The van der Waals surface area contributed by atoms with Crippen LogP contribution in [0.2, 0.25) is 0 Å². The Morgan fingerprint density at radius 1 is 1.10 bits per heavy atom. The predicted octanol–water partition coefficient (Wildman–Crippen LogP) is 1.76. The average Bonchev–Trinajstić information content (AvgIpc) is 2.44. The van der Waals surface area contributed by atoms with Crippen molar-refractivity contribution in [2.75, 3.05) is 4.72 Å². The molecule has 2 aromatic rings. The number of benzene rings is 1. The number of pyridine rings is 1. The highest BCUT2D eigenvalue weighted by Crippen LogP contribution is 2.21. The third-order valence-corrected chi connectivity index (χ3v) is 3.84. The lowest BCUT2D eigenvalue weighted by atomic mass is 10.3. The van der Waals surface area contributed by atoms with Crippen molar-refractivity contribution >= 4 is 15.7 Å². The summed E-state index contributed by atoms with van der Waals surface area (Å²) in [7, 11) is -4.22. The average molecular weight is 317 g/mol. The summed E-state index contributed by atoms with van der Waals surface area (Å²) in [5, 5.41) is -0.399. The smallest absolute Gasteiger partial charge is 0.279 e. The fourth-order valence-electron chi connectivity index (χ4n) is 1.49. The molecule has 0 atom stereocenters. The van der Waals surface area contributed by atoms with Crippen LogP contribution < -0.4 is 10.5 Å². The van der Waals surface area contributed by atoms with E-state index in [-0.39, 0.29) is 12.6 Å².